The van der Waals surface area contributed by atoms with Gasteiger partial charge in [0.2, 0.25) is 0 Å². The van der Waals surface area contributed by atoms with E-state index in [1.165, 1.54) is 27.8 Å². The van der Waals surface area contributed by atoms with Crippen LogP contribution in [0.1, 0.15) is 62.4 Å². The summed E-state index contributed by atoms with van der Waals surface area (Å²) in [7, 11) is 0. The third-order valence-corrected chi connectivity index (χ3v) is 3.86. The molecule has 2 nitrogen and oxygen atoms in total. The van der Waals surface area contributed by atoms with Gasteiger partial charge in [-0.05, 0) is 62.9 Å². The van der Waals surface area contributed by atoms with E-state index in [0.29, 0.717) is 0 Å². The Hall–Kier alpha value is -2.35. The quantitative estimate of drug-likeness (QED) is 0.765. The second kappa shape index (κ2) is 9.07. The Kier molecular flexibility index (Phi) is 7.44. The molecule has 0 fully saturated rings. The summed E-state index contributed by atoms with van der Waals surface area (Å²) in [6, 6.07) is 8.62. The maximum Gasteiger partial charge on any atom is 0.0367 e. The van der Waals surface area contributed by atoms with Crippen LogP contribution < -0.4 is 5.73 Å². The average Bonchev–Trinajstić information content (AvgIpc) is 2.58. The van der Waals surface area contributed by atoms with E-state index in [2.05, 4.69) is 50.9 Å². The highest BCUT2D eigenvalue weighted by Crippen LogP contribution is 2.33. The number of hydrogen-bond acceptors (Lipinski definition) is 2. The fourth-order valence-electron chi connectivity index (χ4n) is 2.78. The first-order valence-corrected chi connectivity index (χ1v) is 8.57. The molecule has 2 rings (SSSR count). The first-order chi connectivity index (χ1) is 11.5. The van der Waals surface area contributed by atoms with Crippen molar-refractivity contribution in [3.8, 4) is 0 Å². The van der Waals surface area contributed by atoms with Gasteiger partial charge in [0.15, 0.2) is 0 Å². The minimum Gasteiger partial charge on any atom is -0.398 e. The molecule has 1 aromatic heterocycles. The molecule has 0 aliphatic heterocycles. The number of rotatable bonds is 3. The zero-order valence-electron chi connectivity index (χ0n) is 16.1. The largest absolute Gasteiger partial charge is 0.398 e. The van der Waals surface area contributed by atoms with Crippen molar-refractivity contribution in [1.29, 1.82) is 0 Å². The van der Waals surface area contributed by atoms with Crippen LogP contribution in [-0.4, -0.2) is 4.98 Å². The average molecular weight is 322 g/mol. The molecule has 0 amide bonds. The first kappa shape index (κ1) is 19.7. The Balaban J connectivity index is 0.00000139. The molecule has 2 aromatic rings. The van der Waals surface area contributed by atoms with Crippen molar-refractivity contribution >= 4 is 11.3 Å². The summed E-state index contributed by atoms with van der Waals surface area (Å²) in [6.45, 7) is 14.5. The van der Waals surface area contributed by atoms with Crippen LogP contribution >= 0.6 is 0 Å². The minimum atomic E-state index is 0.756. The minimum absolute atomic E-state index is 0.756. The summed E-state index contributed by atoms with van der Waals surface area (Å²) in [5, 5.41) is 0. The van der Waals surface area contributed by atoms with E-state index in [9.17, 15) is 0 Å². The second-order valence-electron chi connectivity index (χ2n) is 5.86. The Labute approximate surface area is 147 Å². The zero-order chi connectivity index (χ0) is 18.3. The lowest BCUT2D eigenvalue weighted by Gasteiger charge is -2.17. The van der Waals surface area contributed by atoms with Gasteiger partial charge in [0, 0.05) is 23.7 Å². The van der Waals surface area contributed by atoms with Gasteiger partial charge >= 0.3 is 0 Å². The van der Waals surface area contributed by atoms with E-state index in [-0.39, 0.29) is 0 Å². The van der Waals surface area contributed by atoms with E-state index >= 15 is 0 Å². The predicted octanol–water partition coefficient (Wildman–Crippen LogP) is 5.89. The van der Waals surface area contributed by atoms with Gasteiger partial charge < -0.3 is 5.73 Å². The number of nitrogens with two attached hydrogens (primary N) is 1. The fourth-order valence-corrected chi connectivity index (χ4v) is 2.78. The van der Waals surface area contributed by atoms with Crippen molar-refractivity contribution in [2.24, 2.45) is 5.73 Å². The van der Waals surface area contributed by atoms with Gasteiger partial charge in [-0.15, -0.1) is 0 Å². The summed E-state index contributed by atoms with van der Waals surface area (Å²) < 4.78 is 0. The summed E-state index contributed by atoms with van der Waals surface area (Å²) in [6.07, 6.45) is 5.59. The van der Waals surface area contributed by atoms with Crippen molar-refractivity contribution in [2.75, 3.05) is 0 Å². The molecule has 0 aliphatic rings. The van der Waals surface area contributed by atoms with Gasteiger partial charge in [-0.2, -0.15) is 0 Å². The summed E-state index contributed by atoms with van der Waals surface area (Å²) in [5.74, 6) is 0. The Bertz CT molecular complexity index is 748. The molecule has 128 valence electrons. The number of hydrogen-bond donors (Lipinski definition) is 1. The van der Waals surface area contributed by atoms with Gasteiger partial charge in [0.05, 0.1) is 0 Å². The normalized spacial score (nSPS) is 10.7. The van der Waals surface area contributed by atoms with Gasteiger partial charge in [-0.1, -0.05) is 49.3 Å². The highest BCUT2D eigenvalue weighted by Gasteiger charge is 2.14. The molecule has 0 unspecified atom stereocenters. The third kappa shape index (κ3) is 4.35. The van der Waals surface area contributed by atoms with Crippen molar-refractivity contribution in [1.82, 2.24) is 4.98 Å². The van der Waals surface area contributed by atoms with Crippen LogP contribution in [0.3, 0.4) is 0 Å². The van der Waals surface area contributed by atoms with Crippen LogP contribution in [0.2, 0.25) is 0 Å². The van der Waals surface area contributed by atoms with E-state index in [0.717, 1.165) is 16.8 Å². The molecule has 0 saturated heterocycles. The number of allylic oxidation sites excluding steroid dienone is 2. The molecule has 2 N–H and O–H groups in total. The zero-order valence-corrected chi connectivity index (χ0v) is 16.1. The summed E-state index contributed by atoms with van der Waals surface area (Å²) in [4.78, 5) is 4.24. The van der Waals surface area contributed by atoms with E-state index in [1.807, 2.05) is 45.3 Å². The highest BCUT2D eigenvalue weighted by atomic mass is 14.7. The molecule has 0 aliphatic carbocycles. The highest BCUT2D eigenvalue weighted by molar-refractivity contribution is 5.88. The van der Waals surface area contributed by atoms with E-state index in [4.69, 9.17) is 5.73 Å². The molecular weight excluding hydrogens is 292 g/mol. The second-order valence-corrected chi connectivity index (χ2v) is 5.86. The van der Waals surface area contributed by atoms with Crippen LogP contribution in [0.4, 0.5) is 0 Å². The van der Waals surface area contributed by atoms with Gasteiger partial charge in [0.25, 0.3) is 0 Å². The molecule has 0 bridgehead atoms. The Morgan fingerprint density at radius 1 is 1.00 bits per heavy atom. The maximum atomic E-state index is 6.17. The molecular formula is C22H30N2. The van der Waals surface area contributed by atoms with Crippen LogP contribution in [0.15, 0.2) is 48.3 Å². The first-order valence-electron chi connectivity index (χ1n) is 8.57. The fraction of sp³-hybridized carbons (Fsp3) is 0.318. The van der Waals surface area contributed by atoms with Crippen LogP contribution in [0.5, 0.6) is 0 Å². The standard InChI is InChI=1S/C20H24N2.C2H6/c1-6-19(21)18-12-22-10-9-17(18)20(13(2)3)16-8-7-14(4)11-15(16)5;1-2/h6-12H,21H2,1-5H3;1-2H3/b19-6+;. The molecule has 1 aromatic carbocycles. The molecule has 2 heteroatoms. The molecule has 0 saturated carbocycles. The van der Waals surface area contributed by atoms with E-state index < -0.39 is 0 Å². The van der Waals surface area contributed by atoms with Crippen molar-refractivity contribution in [2.45, 2.75) is 48.5 Å². The maximum absolute atomic E-state index is 6.17. The van der Waals surface area contributed by atoms with Crippen LogP contribution in [0, 0.1) is 13.8 Å². The number of aryl methyl sites for hydroxylation is 2. The summed E-state index contributed by atoms with van der Waals surface area (Å²) >= 11 is 0. The monoisotopic (exact) mass is 322 g/mol. The van der Waals surface area contributed by atoms with Gasteiger partial charge in [-0.3, -0.25) is 4.98 Å². The lowest BCUT2D eigenvalue weighted by atomic mass is 9.88. The Morgan fingerprint density at radius 2 is 1.67 bits per heavy atom. The summed E-state index contributed by atoms with van der Waals surface area (Å²) in [5.41, 5.74) is 15.4. The molecule has 1 heterocycles. The van der Waals surface area contributed by atoms with Crippen molar-refractivity contribution < 1.29 is 0 Å². The molecule has 0 spiro atoms. The molecule has 0 radical (unpaired) electrons. The van der Waals surface area contributed by atoms with Crippen LogP contribution in [-0.2, 0) is 0 Å². The number of pyridine rings is 1. The SMILES string of the molecule is C/C=C(/N)c1cnccc1C(=C(C)C)c1ccc(C)cc1C.CC. The van der Waals surface area contributed by atoms with Crippen molar-refractivity contribution in [3.05, 3.63) is 76.1 Å². The Morgan fingerprint density at radius 3 is 2.21 bits per heavy atom. The molecule has 24 heavy (non-hydrogen) atoms. The number of benzene rings is 1. The van der Waals surface area contributed by atoms with E-state index in [1.54, 1.807) is 0 Å². The van der Waals surface area contributed by atoms with Gasteiger partial charge in [-0.25, -0.2) is 0 Å². The third-order valence-electron chi connectivity index (χ3n) is 3.86. The predicted molar refractivity (Wildman–Crippen MR) is 107 cm³/mol. The smallest absolute Gasteiger partial charge is 0.0367 e. The number of aromatic nitrogens is 1. The topological polar surface area (TPSA) is 38.9 Å². The van der Waals surface area contributed by atoms with Crippen molar-refractivity contribution in [3.63, 3.8) is 0 Å². The lowest BCUT2D eigenvalue weighted by molar-refractivity contribution is 1.26. The van der Waals surface area contributed by atoms with Crippen LogP contribution in [0.25, 0.3) is 11.3 Å². The number of nitrogens with zero attached hydrogens (tertiary/aromatic N) is 1. The van der Waals surface area contributed by atoms with Gasteiger partial charge in [0.1, 0.15) is 0 Å². The molecule has 0 atom stereocenters. The lowest BCUT2D eigenvalue weighted by Crippen LogP contribution is -2.04.